The number of aryl methyl sites for hydroxylation is 1. The summed E-state index contributed by atoms with van der Waals surface area (Å²) in [6, 6.07) is 25.3. The molecule has 1 amide bonds. The van der Waals surface area contributed by atoms with Crippen LogP contribution < -0.4 is 15.6 Å². The lowest BCUT2D eigenvalue weighted by Crippen LogP contribution is -2.22. The molecule has 0 spiro atoms. The molecule has 0 atom stereocenters. The molecule has 2 aromatic heterocycles. The van der Waals surface area contributed by atoms with E-state index in [1.54, 1.807) is 30.3 Å². The second kappa shape index (κ2) is 12.7. The molecular formula is C31H27F3N6O3. The van der Waals surface area contributed by atoms with Crippen molar-refractivity contribution in [3.63, 3.8) is 0 Å². The molecule has 220 valence electrons. The van der Waals surface area contributed by atoms with E-state index >= 15 is 0 Å². The van der Waals surface area contributed by atoms with Crippen LogP contribution in [0.2, 0.25) is 0 Å². The highest BCUT2D eigenvalue weighted by Crippen LogP contribution is 2.30. The molecule has 0 saturated carbocycles. The van der Waals surface area contributed by atoms with Gasteiger partial charge in [0, 0.05) is 17.7 Å². The summed E-state index contributed by atoms with van der Waals surface area (Å²) in [4.78, 5) is 30.6. The van der Waals surface area contributed by atoms with Crippen molar-refractivity contribution in [2.75, 3.05) is 11.9 Å². The van der Waals surface area contributed by atoms with Crippen LogP contribution in [0.25, 0.3) is 22.4 Å². The number of alkyl halides is 3. The minimum absolute atomic E-state index is 0.0154. The van der Waals surface area contributed by atoms with Crippen LogP contribution in [0, 0.1) is 6.92 Å². The van der Waals surface area contributed by atoms with Crippen molar-refractivity contribution in [1.29, 1.82) is 0 Å². The number of hydrogen-bond donors (Lipinski definition) is 2. The fraction of sp³-hybridized carbons (Fsp3) is 0.194. The highest BCUT2D eigenvalue weighted by Gasteiger charge is 2.26. The van der Waals surface area contributed by atoms with Crippen molar-refractivity contribution in [2.45, 2.75) is 32.5 Å². The molecule has 5 rings (SSSR count). The Morgan fingerprint density at radius 3 is 2.37 bits per heavy atom. The Morgan fingerprint density at radius 1 is 0.977 bits per heavy atom. The SMILES string of the molecule is Cc1ccc(-c2cc(-c3ccc(OCCCC(F)(F)F)cc3)[nH]c(=O)c2NC(=O)c2nnn(Cc3ccccc3)n2)cc1. The molecule has 0 unspecified atom stereocenters. The van der Waals surface area contributed by atoms with Crippen LogP contribution in [0.4, 0.5) is 18.9 Å². The van der Waals surface area contributed by atoms with Crippen molar-refractivity contribution in [1.82, 2.24) is 25.2 Å². The smallest absolute Gasteiger partial charge is 0.389 e. The van der Waals surface area contributed by atoms with Crippen molar-refractivity contribution in [3.05, 3.63) is 112 Å². The first-order chi connectivity index (χ1) is 20.6. The second-order valence-electron chi connectivity index (χ2n) is 9.84. The van der Waals surface area contributed by atoms with Gasteiger partial charge in [-0.1, -0.05) is 60.2 Å². The number of aromatic nitrogens is 5. The summed E-state index contributed by atoms with van der Waals surface area (Å²) in [7, 11) is 0. The minimum atomic E-state index is -4.22. The van der Waals surface area contributed by atoms with Crippen molar-refractivity contribution < 1.29 is 22.7 Å². The van der Waals surface area contributed by atoms with Gasteiger partial charge in [-0.2, -0.15) is 18.0 Å². The molecule has 9 nitrogen and oxygen atoms in total. The molecular weight excluding hydrogens is 561 g/mol. The molecule has 0 aliphatic heterocycles. The molecule has 0 saturated heterocycles. The Labute approximate surface area is 244 Å². The molecule has 12 heteroatoms. The van der Waals surface area contributed by atoms with Gasteiger partial charge >= 0.3 is 6.18 Å². The summed E-state index contributed by atoms with van der Waals surface area (Å²) in [6.45, 7) is 2.19. The van der Waals surface area contributed by atoms with E-state index in [2.05, 4.69) is 25.7 Å². The van der Waals surface area contributed by atoms with Crippen molar-refractivity contribution in [2.24, 2.45) is 0 Å². The summed E-state index contributed by atoms with van der Waals surface area (Å²) in [5.41, 5.74) is 3.68. The maximum absolute atomic E-state index is 13.4. The first-order valence-electron chi connectivity index (χ1n) is 13.4. The lowest BCUT2D eigenvalue weighted by molar-refractivity contribution is -0.136. The molecule has 0 bridgehead atoms. The molecule has 5 aromatic rings. The number of aromatic amines is 1. The Morgan fingerprint density at radius 2 is 1.67 bits per heavy atom. The van der Waals surface area contributed by atoms with Crippen LogP contribution in [-0.2, 0) is 6.54 Å². The summed E-state index contributed by atoms with van der Waals surface area (Å²) < 4.78 is 42.5. The quantitative estimate of drug-likeness (QED) is 0.193. The molecule has 2 heterocycles. The molecule has 43 heavy (non-hydrogen) atoms. The van der Waals surface area contributed by atoms with Gasteiger partial charge in [0.1, 0.15) is 11.4 Å². The summed E-state index contributed by atoms with van der Waals surface area (Å²) in [5.74, 6) is -0.484. The van der Waals surface area contributed by atoms with Crippen molar-refractivity contribution >= 4 is 11.6 Å². The number of hydrogen-bond acceptors (Lipinski definition) is 6. The molecule has 2 N–H and O–H groups in total. The summed E-state index contributed by atoms with van der Waals surface area (Å²) in [6.07, 6.45) is -5.29. The highest BCUT2D eigenvalue weighted by atomic mass is 19.4. The third-order valence-corrected chi connectivity index (χ3v) is 6.50. The fourth-order valence-corrected chi connectivity index (χ4v) is 4.31. The Hall–Kier alpha value is -5.26. The van der Waals surface area contributed by atoms with E-state index in [0.29, 0.717) is 34.7 Å². The number of nitrogens with zero attached hydrogens (tertiary/aromatic N) is 4. The Kier molecular flexibility index (Phi) is 8.65. The average molecular weight is 589 g/mol. The lowest BCUT2D eigenvalue weighted by Gasteiger charge is -2.13. The number of pyridine rings is 1. The van der Waals surface area contributed by atoms with E-state index in [1.807, 2.05) is 61.5 Å². The standard InChI is InChI=1S/C31H27F3N6O3/c1-20-8-10-22(11-9-20)25-18-26(23-12-14-24(15-13-23)43-17-5-16-31(32,33)34)35-29(41)27(25)36-30(42)28-37-39-40(38-28)19-21-6-3-2-4-7-21/h2-4,6-15,18H,5,16-17,19H2,1H3,(H,35,41)(H,36,42). The van der Waals surface area contributed by atoms with E-state index in [0.717, 1.165) is 11.1 Å². The third kappa shape index (κ3) is 7.73. The number of H-pyrrole nitrogens is 1. The van der Waals surface area contributed by atoms with Crippen LogP contribution in [0.1, 0.15) is 34.6 Å². The van der Waals surface area contributed by atoms with Gasteiger partial charge < -0.3 is 15.0 Å². The second-order valence-corrected chi connectivity index (χ2v) is 9.84. The Balaban J connectivity index is 1.38. The van der Waals surface area contributed by atoms with E-state index in [1.165, 1.54) is 4.80 Å². The molecule has 3 aromatic carbocycles. The predicted molar refractivity (Wildman–Crippen MR) is 155 cm³/mol. The van der Waals surface area contributed by atoms with Crippen LogP contribution in [0.5, 0.6) is 5.75 Å². The van der Waals surface area contributed by atoms with Gasteiger partial charge in [-0.3, -0.25) is 9.59 Å². The number of tetrazole rings is 1. The summed E-state index contributed by atoms with van der Waals surface area (Å²) >= 11 is 0. The average Bonchev–Trinajstić information content (AvgIpc) is 3.46. The largest absolute Gasteiger partial charge is 0.494 e. The number of anilines is 1. The number of rotatable bonds is 10. The number of amides is 1. The van der Waals surface area contributed by atoms with Gasteiger partial charge in [0.25, 0.3) is 17.3 Å². The highest BCUT2D eigenvalue weighted by molar-refractivity contribution is 6.03. The lowest BCUT2D eigenvalue weighted by atomic mass is 10.0. The normalized spacial score (nSPS) is 11.3. The topological polar surface area (TPSA) is 115 Å². The number of halogens is 3. The van der Waals surface area contributed by atoms with Crippen molar-refractivity contribution in [3.8, 4) is 28.1 Å². The number of carbonyl (C=O) groups is 1. The van der Waals surface area contributed by atoms with Gasteiger partial charge in [-0.25, -0.2) is 0 Å². The summed E-state index contributed by atoms with van der Waals surface area (Å²) in [5, 5.41) is 14.6. The van der Waals surface area contributed by atoms with Gasteiger partial charge in [-0.05, 0) is 65.6 Å². The maximum atomic E-state index is 13.4. The third-order valence-electron chi connectivity index (χ3n) is 6.50. The number of nitrogens with one attached hydrogen (secondary N) is 2. The number of ether oxygens (including phenoxy) is 1. The molecule has 0 aliphatic rings. The molecule has 0 fully saturated rings. The van der Waals surface area contributed by atoms with E-state index in [9.17, 15) is 22.8 Å². The number of benzene rings is 3. The van der Waals surface area contributed by atoms with Crippen LogP contribution >= 0.6 is 0 Å². The van der Waals surface area contributed by atoms with Gasteiger partial charge in [0.05, 0.1) is 13.2 Å². The van der Waals surface area contributed by atoms with E-state index < -0.39 is 24.1 Å². The zero-order valence-electron chi connectivity index (χ0n) is 23.1. The van der Waals surface area contributed by atoms with E-state index in [4.69, 9.17) is 4.74 Å². The van der Waals surface area contributed by atoms with Crippen LogP contribution in [0.15, 0.2) is 89.7 Å². The first-order valence-corrected chi connectivity index (χ1v) is 13.4. The zero-order valence-corrected chi connectivity index (χ0v) is 23.1. The van der Waals surface area contributed by atoms with Gasteiger partial charge in [0.2, 0.25) is 0 Å². The maximum Gasteiger partial charge on any atom is 0.389 e. The molecule has 0 aliphatic carbocycles. The van der Waals surface area contributed by atoms with E-state index in [-0.39, 0.29) is 24.5 Å². The molecule has 0 radical (unpaired) electrons. The fourth-order valence-electron chi connectivity index (χ4n) is 4.31. The van der Waals surface area contributed by atoms with Gasteiger partial charge in [-0.15, -0.1) is 10.2 Å². The predicted octanol–water partition coefficient (Wildman–Crippen LogP) is 6.03. The van der Waals surface area contributed by atoms with Crippen LogP contribution in [0.3, 0.4) is 0 Å². The number of carbonyl (C=O) groups excluding carboxylic acids is 1. The first kappa shape index (κ1) is 29.2. The Bertz CT molecular complexity index is 1750. The van der Waals surface area contributed by atoms with Gasteiger partial charge in [0.15, 0.2) is 0 Å². The van der Waals surface area contributed by atoms with Crippen LogP contribution in [-0.4, -0.2) is 43.9 Å². The monoisotopic (exact) mass is 588 g/mol. The minimum Gasteiger partial charge on any atom is -0.494 e. The zero-order chi connectivity index (χ0) is 30.4.